The van der Waals surface area contributed by atoms with Crippen LogP contribution in [0.3, 0.4) is 0 Å². The molecule has 0 N–H and O–H groups in total. The van der Waals surface area contributed by atoms with Crippen LogP contribution >= 0.6 is 0 Å². The molecule has 0 aliphatic carbocycles. The molecule has 9 heteroatoms. The van der Waals surface area contributed by atoms with Crippen molar-refractivity contribution < 1.29 is 25.9 Å². The van der Waals surface area contributed by atoms with Crippen LogP contribution in [0, 0.1) is 0 Å². The van der Waals surface area contributed by atoms with E-state index >= 15 is 0 Å². The predicted molar refractivity (Wildman–Crippen MR) is 352 cm³/mol. The van der Waals surface area contributed by atoms with Crippen molar-refractivity contribution in [3.05, 3.63) is 59.7 Å². The molecule has 2 aromatic carbocycles. The van der Waals surface area contributed by atoms with Gasteiger partial charge in [-0.3, -0.25) is 0 Å². The second-order valence-corrected chi connectivity index (χ2v) is 27.4. The average Bonchev–Trinajstić information content (AvgIpc) is 3.45. The summed E-state index contributed by atoms with van der Waals surface area (Å²) < 4.78 is 68.1. The van der Waals surface area contributed by atoms with Gasteiger partial charge in [-0.1, -0.05) is 397 Å². The van der Waals surface area contributed by atoms with Crippen molar-refractivity contribution in [2.24, 2.45) is 0 Å². The third-order valence-electron chi connectivity index (χ3n) is 17.1. The van der Waals surface area contributed by atoms with Gasteiger partial charge in [-0.25, -0.2) is 16.8 Å². The van der Waals surface area contributed by atoms with Crippen molar-refractivity contribution in [1.29, 1.82) is 0 Å². The molecule has 0 saturated carbocycles. The second kappa shape index (κ2) is 60.7. The minimum atomic E-state index is -4.36. The maximum Gasteiger partial charge on any atom is 2.00 e. The fraction of sp³-hybridized carbons (Fsp3) is 0.833. The summed E-state index contributed by atoms with van der Waals surface area (Å²) in [5, 5.41) is 0. The van der Waals surface area contributed by atoms with E-state index in [0.29, 0.717) is 24.0 Å². The standard InChI is InChI=1S/2C36H66O3S.Mg/c2*1-2-3-4-5-6-7-8-9-10-11-12-13-14-15-16-17-18-19-20-21-22-23-24-25-26-27-28-29-32-35-33-30-31-34-36(35)40(37,38)39;/h2*30-31,33-34H,2-29,32H2,1H3,(H,37,38,39);/q;;+2/p-2. The van der Waals surface area contributed by atoms with Crippen molar-refractivity contribution >= 4 is 43.3 Å². The first-order valence-electron chi connectivity index (χ1n) is 35.2. The van der Waals surface area contributed by atoms with Crippen LogP contribution in [0.4, 0.5) is 0 Å². The smallest absolute Gasteiger partial charge is 0.744 e. The molecule has 0 radical (unpaired) electrons. The van der Waals surface area contributed by atoms with Crippen LogP contribution in [-0.2, 0) is 33.1 Å². The zero-order chi connectivity index (χ0) is 58.0. The topological polar surface area (TPSA) is 114 Å². The Morgan fingerprint density at radius 2 is 0.370 bits per heavy atom. The van der Waals surface area contributed by atoms with E-state index in [-0.39, 0.29) is 32.8 Å². The van der Waals surface area contributed by atoms with Gasteiger partial charge in [-0.15, -0.1) is 0 Å². The van der Waals surface area contributed by atoms with Crippen LogP contribution in [0.1, 0.15) is 385 Å². The molecule has 0 aromatic heterocycles. The van der Waals surface area contributed by atoms with Gasteiger partial charge in [0.1, 0.15) is 20.2 Å². The van der Waals surface area contributed by atoms with Crippen LogP contribution in [-0.4, -0.2) is 49.0 Å². The Balaban J connectivity index is 0.00000156. The first-order valence-corrected chi connectivity index (χ1v) is 38.0. The monoisotopic (exact) mass is 1180 g/mol. The van der Waals surface area contributed by atoms with Crippen LogP contribution in [0.2, 0.25) is 0 Å². The molecular weight excluding hydrogens is 1050 g/mol. The molecular formula is C72H130MgO6S2. The Morgan fingerprint density at radius 3 is 0.519 bits per heavy atom. The summed E-state index contributed by atoms with van der Waals surface area (Å²) in [6.45, 7) is 4.59. The van der Waals surface area contributed by atoms with Crippen molar-refractivity contribution in [2.45, 2.75) is 396 Å². The van der Waals surface area contributed by atoms with Gasteiger partial charge in [-0.05, 0) is 48.9 Å². The average molecular weight is 1180 g/mol. The summed E-state index contributed by atoms with van der Waals surface area (Å²) in [5.74, 6) is 0. The summed E-state index contributed by atoms with van der Waals surface area (Å²) in [6.07, 6.45) is 79.0. The van der Waals surface area contributed by atoms with E-state index in [1.54, 1.807) is 24.3 Å². The zero-order valence-electron chi connectivity index (χ0n) is 53.6. The van der Waals surface area contributed by atoms with E-state index in [2.05, 4.69) is 13.8 Å². The molecule has 0 atom stereocenters. The van der Waals surface area contributed by atoms with Gasteiger partial charge in [0.2, 0.25) is 0 Å². The van der Waals surface area contributed by atoms with E-state index in [1.807, 2.05) is 12.1 Å². The first-order chi connectivity index (χ1) is 39.1. The van der Waals surface area contributed by atoms with Gasteiger partial charge in [0.15, 0.2) is 0 Å². The second-order valence-electron chi connectivity index (χ2n) is 24.7. The minimum absolute atomic E-state index is 0. The summed E-state index contributed by atoms with van der Waals surface area (Å²) in [5.41, 5.74) is 1.35. The summed E-state index contributed by atoms with van der Waals surface area (Å²) >= 11 is 0. The van der Waals surface area contributed by atoms with Crippen LogP contribution in [0.25, 0.3) is 0 Å². The zero-order valence-corrected chi connectivity index (χ0v) is 56.7. The fourth-order valence-corrected chi connectivity index (χ4v) is 13.4. The number of benzene rings is 2. The van der Waals surface area contributed by atoms with Gasteiger partial charge < -0.3 is 9.11 Å². The Hall–Kier alpha value is -0.974. The molecule has 6 nitrogen and oxygen atoms in total. The Bertz CT molecular complexity index is 1690. The largest absolute Gasteiger partial charge is 2.00 e. The van der Waals surface area contributed by atoms with Crippen molar-refractivity contribution in [3.8, 4) is 0 Å². The third kappa shape index (κ3) is 54.2. The van der Waals surface area contributed by atoms with Crippen molar-refractivity contribution in [2.75, 3.05) is 0 Å². The molecule has 0 spiro atoms. The summed E-state index contributed by atoms with van der Waals surface area (Å²) in [7, 11) is -8.73. The maximum atomic E-state index is 11.4. The van der Waals surface area contributed by atoms with Gasteiger partial charge in [0.25, 0.3) is 0 Å². The van der Waals surface area contributed by atoms with E-state index in [4.69, 9.17) is 0 Å². The number of hydrogen-bond acceptors (Lipinski definition) is 6. The molecule has 0 aliphatic rings. The molecule has 2 aromatic rings. The van der Waals surface area contributed by atoms with Crippen LogP contribution in [0.5, 0.6) is 0 Å². The quantitative estimate of drug-likeness (QED) is 0.0370. The van der Waals surface area contributed by atoms with E-state index < -0.39 is 20.2 Å². The molecule has 0 aliphatic heterocycles. The van der Waals surface area contributed by atoms with Gasteiger partial charge in [0.05, 0.1) is 9.79 Å². The molecule has 468 valence electrons. The van der Waals surface area contributed by atoms with E-state index in [9.17, 15) is 25.9 Å². The molecule has 0 saturated heterocycles. The molecule has 0 amide bonds. The fourth-order valence-electron chi connectivity index (χ4n) is 11.9. The van der Waals surface area contributed by atoms with Crippen LogP contribution < -0.4 is 0 Å². The number of rotatable bonds is 60. The minimum Gasteiger partial charge on any atom is -0.744 e. The number of aryl methyl sites for hydroxylation is 2. The first kappa shape index (κ1) is 80.0. The normalized spacial score (nSPS) is 11.7. The molecule has 0 unspecified atom stereocenters. The molecule has 0 bridgehead atoms. The SMILES string of the molecule is CCCCCCCCCCCCCCCCCCCCCCCCCCCCCCc1ccccc1S(=O)(=O)[O-].CCCCCCCCCCCCCCCCCCCCCCCCCCCCCCc1ccccc1S(=O)(=O)[O-].[Mg+2]. The number of unbranched alkanes of at least 4 members (excludes halogenated alkanes) is 54. The maximum absolute atomic E-state index is 11.4. The van der Waals surface area contributed by atoms with Crippen molar-refractivity contribution in [3.63, 3.8) is 0 Å². The third-order valence-corrected chi connectivity index (χ3v) is 19.0. The summed E-state index contributed by atoms with van der Waals surface area (Å²) in [6, 6.07) is 13.3. The molecule has 0 heterocycles. The van der Waals surface area contributed by atoms with E-state index in [0.717, 1.165) is 25.7 Å². The van der Waals surface area contributed by atoms with Gasteiger partial charge in [0, 0.05) is 0 Å². The Kier molecular flexibility index (Phi) is 60.0. The molecule has 0 fully saturated rings. The Morgan fingerprint density at radius 1 is 0.235 bits per heavy atom. The van der Waals surface area contributed by atoms with Crippen LogP contribution in [0.15, 0.2) is 58.3 Å². The Labute approximate surface area is 521 Å². The van der Waals surface area contributed by atoms with E-state index in [1.165, 1.54) is 346 Å². The predicted octanol–water partition coefficient (Wildman–Crippen LogP) is 23.8. The molecule has 2 rings (SSSR count). The van der Waals surface area contributed by atoms with Gasteiger partial charge in [-0.2, -0.15) is 0 Å². The number of hydrogen-bond donors (Lipinski definition) is 0. The molecule has 81 heavy (non-hydrogen) atoms. The summed E-state index contributed by atoms with van der Waals surface area (Å²) in [4.78, 5) is -0.0833. The van der Waals surface area contributed by atoms with Gasteiger partial charge >= 0.3 is 23.1 Å². The van der Waals surface area contributed by atoms with Crippen molar-refractivity contribution in [1.82, 2.24) is 0 Å².